The van der Waals surface area contributed by atoms with Gasteiger partial charge in [0, 0.05) is 62.8 Å². The average Bonchev–Trinajstić information content (AvgIpc) is 3.03. The number of nitrogens with one attached hydrogen (secondary N) is 4. The fraction of sp³-hybridized carbons (Fsp3) is 0.424. The second-order valence-electron chi connectivity index (χ2n) is 12.3. The third-order valence-corrected chi connectivity index (χ3v) is 10.0. The highest BCUT2D eigenvalue weighted by Gasteiger charge is 2.28. The third kappa shape index (κ3) is 8.39. The van der Waals surface area contributed by atoms with Gasteiger partial charge in [0.25, 0.3) is 0 Å². The summed E-state index contributed by atoms with van der Waals surface area (Å²) in [6.07, 6.45) is 5.18. The summed E-state index contributed by atoms with van der Waals surface area (Å²) in [5, 5.41) is 14.0. The van der Waals surface area contributed by atoms with E-state index in [0.717, 1.165) is 63.4 Å². The number of hydrogen-bond acceptors (Lipinski definition) is 10. The Morgan fingerprint density at radius 1 is 1.04 bits per heavy atom. The molecule has 5 rings (SSSR count). The predicted molar refractivity (Wildman–Crippen MR) is 190 cm³/mol. The van der Waals surface area contributed by atoms with E-state index in [4.69, 9.17) is 16.3 Å². The van der Waals surface area contributed by atoms with Crippen molar-refractivity contribution in [1.82, 2.24) is 20.2 Å². The van der Waals surface area contributed by atoms with Gasteiger partial charge >= 0.3 is 0 Å². The topological polar surface area (TPSA) is 124 Å². The SMILES string of the molecule is COc1cc(N2CCC(N3CCNCC3)CC2)c(NC(=O)C=C(C)C)cc1Nc1ncc(Cl)c(Nc2ccccc2P(C)(C)=O)n1. The fourth-order valence-electron chi connectivity index (χ4n) is 5.96. The van der Waals surface area contributed by atoms with Crippen LogP contribution in [0.2, 0.25) is 5.02 Å². The Kier molecular flexibility index (Phi) is 10.9. The van der Waals surface area contributed by atoms with Crippen LogP contribution in [0.4, 0.5) is 34.5 Å². The van der Waals surface area contributed by atoms with E-state index in [9.17, 15) is 9.36 Å². The first-order valence-corrected chi connectivity index (χ1v) is 18.6. The van der Waals surface area contributed by atoms with Gasteiger partial charge in [-0.2, -0.15) is 4.98 Å². The van der Waals surface area contributed by atoms with Gasteiger partial charge in [0.05, 0.1) is 36.1 Å². The molecule has 3 heterocycles. The number of anilines is 6. The van der Waals surface area contributed by atoms with E-state index in [1.165, 1.54) is 6.20 Å². The van der Waals surface area contributed by atoms with Crippen LogP contribution < -0.4 is 36.2 Å². The maximum absolute atomic E-state index is 13.0. The van der Waals surface area contributed by atoms with Crippen molar-refractivity contribution >= 4 is 64.5 Å². The number of carbonyl (C=O) groups is 1. The maximum atomic E-state index is 13.0. The molecular weight excluding hydrogens is 623 g/mol. The smallest absolute Gasteiger partial charge is 0.248 e. The number of piperazine rings is 1. The molecule has 2 aromatic carbocycles. The highest BCUT2D eigenvalue weighted by Crippen LogP contribution is 2.41. The molecule has 11 nitrogen and oxygen atoms in total. The number of allylic oxidation sites excluding steroid dienone is 1. The first-order valence-electron chi connectivity index (χ1n) is 15.6. The minimum Gasteiger partial charge on any atom is -0.494 e. The molecule has 0 atom stereocenters. The minimum atomic E-state index is -2.57. The van der Waals surface area contributed by atoms with Crippen molar-refractivity contribution in [3.8, 4) is 5.75 Å². The van der Waals surface area contributed by atoms with Crippen molar-refractivity contribution < 1.29 is 14.1 Å². The number of carbonyl (C=O) groups excluding carboxylic acids is 1. The van der Waals surface area contributed by atoms with Gasteiger partial charge in [-0.1, -0.05) is 29.3 Å². The molecule has 0 spiro atoms. The van der Waals surface area contributed by atoms with Gasteiger partial charge in [0.15, 0.2) is 5.82 Å². The zero-order valence-corrected chi connectivity index (χ0v) is 28.8. The Morgan fingerprint density at radius 2 is 1.76 bits per heavy atom. The number of amides is 1. The van der Waals surface area contributed by atoms with E-state index >= 15 is 0 Å². The van der Waals surface area contributed by atoms with Gasteiger partial charge in [0.1, 0.15) is 17.9 Å². The molecule has 2 aliphatic rings. The van der Waals surface area contributed by atoms with E-state index in [1.54, 1.807) is 26.5 Å². The number of para-hydroxylation sites is 1. The lowest BCUT2D eigenvalue weighted by atomic mass is 10.0. The lowest BCUT2D eigenvalue weighted by Gasteiger charge is -2.41. The van der Waals surface area contributed by atoms with Gasteiger partial charge in [-0.05, 0) is 58.2 Å². The van der Waals surface area contributed by atoms with Crippen LogP contribution in [-0.2, 0) is 9.36 Å². The summed E-state index contributed by atoms with van der Waals surface area (Å²) in [7, 11) is -0.954. The Morgan fingerprint density at radius 3 is 2.43 bits per heavy atom. The minimum absolute atomic E-state index is 0.204. The summed E-state index contributed by atoms with van der Waals surface area (Å²) < 4.78 is 18.8. The van der Waals surface area contributed by atoms with Crippen molar-refractivity contribution in [2.24, 2.45) is 0 Å². The number of aromatic nitrogens is 2. The van der Waals surface area contributed by atoms with Crippen LogP contribution in [0.25, 0.3) is 0 Å². The number of nitrogens with zero attached hydrogens (tertiary/aromatic N) is 4. The van der Waals surface area contributed by atoms with Crippen molar-refractivity contribution in [2.45, 2.75) is 32.7 Å². The zero-order chi connectivity index (χ0) is 32.8. The summed E-state index contributed by atoms with van der Waals surface area (Å²) >= 11 is 6.49. The Labute approximate surface area is 276 Å². The number of ether oxygens (including phenoxy) is 1. The number of methoxy groups -OCH3 is 1. The maximum Gasteiger partial charge on any atom is 0.248 e. The summed E-state index contributed by atoms with van der Waals surface area (Å²) in [5.41, 5.74) is 3.70. The van der Waals surface area contributed by atoms with Crippen LogP contribution in [0.3, 0.4) is 0 Å². The molecule has 4 N–H and O–H groups in total. The third-order valence-electron chi connectivity index (χ3n) is 8.20. The van der Waals surface area contributed by atoms with Crippen LogP contribution >= 0.6 is 18.7 Å². The normalized spacial score (nSPS) is 16.1. The van der Waals surface area contributed by atoms with Crippen LogP contribution in [-0.4, -0.2) is 86.5 Å². The van der Waals surface area contributed by atoms with Crippen molar-refractivity contribution in [1.29, 1.82) is 0 Å². The predicted octanol–water partition coefficient (Wildman–Crippen LogP) is 5.65. The van der Waals surface area contributed by atoms with Crippen molar-refractivity contribution in [2.75, 3.05) is 80.6 Å². The molecule has 0 bridgehead atoms. The molecule has 0 radical (unpaired) electrons. The summed E-state index contributed by atoms with van der Waals surface area (Å²) in [6, 6.07) is 11.8. The monoisotopic (exact) mass is 666 g/mol. The summed E-state index contributed by atoms with van der Waals surface area (Å²) in [5.74, 6) is 1.01. The molecule has 3 aromatic rings. The lowest BCUT2D eigenvalue weighted by molar-refractivity contribution is -0.111. The van der Waals surface area contributed by atoms with Crippen LogP contribution in [0, 0.1) is 0 Å². The van der Waals surface area contributed by atoms with Crippen LogP contribution in [0.5, 0.6) is 5.75 Å². The summed E-state index contributed by atoms with van der Waals surface area (Å²) in [6.45, 7) is 13.2. The highest BCUT2D eigenvalue weighted by atomic mass is 35.5. The Hall–Kier alpha value is -3.63. The van der Waals surface area contributed by atoms with Gasteiger partial charge in [-0.25, -0.2) is 4.98 Å². The molecule has 1 aromatic heterocycles. The molecule has 1 amide bonds. The van der Waals surface area contributed by atoms with Crippen LogP contribution in [0.1, 0.15) is 26.7 Å². The second-order valence-corrected chi connectivity index (χ2v) is 15.9. The molecule has 246 valence electrons. The first-order chi connectivity index (χ1) is 22.0. The quantitative estimate of drug-likeness (QED) is 0.159. The zero-order valence-electron chi connectivity index (χ0n) is 27.2. The number of hydrogen-bond donors (Lipinski definition) is 4. The number of halogens is 1. The highest BCUT2D eigenvalue weighted by molar-refractivity contribution is 7.70. The van der Waals surface area contributed by atoms with Crippen molar-refractivity contribution in [3.05, 3.63) is 59.3 Å². The lowest BCUT2D eigenvalue weighted by Crippen LogP contribution is -2.52. The van der Waals surface area contributed by atoms with Gasteiger partial charge in [-0.15, -0.1) is 0 Å². The first kappa shape index (κ1) is 33.7. The Balaban J connectivity index is 1.43. The second kappa shape index (κ2) is 14.9. The number of benzene rings is 2. The van der Waals surface area contributed by atoms with E-state index in [-0.39, 0.29) is 11.9 Å². The van der Waals surface area contributed by atoms with E-state index < -0.39 is 7.14 Å². The molecule has 0 saturated carbocycles. The van der Waals surface area contributed by atoms with Gasteiger partial charge < -0.3 is 35.5 Å². The Bertz CT molecular complexity index is 1630. The average molecular weight is 667 g/mol. The molecule has 2 aliphatic heterocycles. The molecular formula is C33H44ClN8O3P. The molecule has 2 saturated heterocycles. The van der Waals surface area contributed by atoms with Crippen molar-refractivity contribution in [3.63, 3.8) is 0 Å². The fourth-order valence-corrected chi connectivity index (χ4v) is 7.25. The van der Waals surface area contributed by atoms with E-state index in [0.29, 0.717) is 45.0 Å². The molecule has 13 heteroatoms. The van der Waals surface area contributed by atoms with Gasteiger partial charge in [-0.3, -0.25) is 9.69 Å². The number of rotatable bonds is 10. The number of piperidine rings is 1. The largest absolute Gasteiger partial charge is 0.494 e. The van der Waals surface area contributed by atoms with Crippen LogP contribution in [0.15, 0.2) is 54.2 Å². The molecule has 2 fully saturated rings. The standard InChI is InChI=1S/C33H44ClN8O3P/c1-22(2)18-31(43)37-26-19-27(29(45-3)20-28(26)42-14-10-23(11-15-42)41-16-12-35-13-17-41)39-33-36-21-24(34)32(40-33)38-25-8-6-7-9-30(25)46(4,5)44/h6-9,18-21,23,35H,10-17H2,1-5H3,(H,37,43)(H2,36,38,39,40). The molecule has 0 aliphatic carbocycles. The summed E-state index contributed by atoms with van der Waals surface area (Å²) in [4.78, 5) is 26.9. The van der Waals surface area contributed by atoms with E-state index in [1.807, 2.05) is 50.2 Å². The molecule has 0 unspecified atom stereocenters. The van der Waals surface area contributed by atoms with E-state index in [2.05, 4.69) is 41.0 Å². The van der Waals surface area contributed by atoms with Gasteiger partial charge in [0.2, 0.25) is 11.9 Å². The molecule has 46 heavy (non-hydrogen) atoms.